The van der Waals surface area contributed by atoms with E-state index < -0.39 is 0 Å². The summed E-state index contributed by atoms with van der Waals surface area (Å²) >= 11 is 1.85. The lowest BCUT2D eigenvalue weighted by atomic mass is 10.0. The number of hydrogen-bond acceptors (Lipinski definition) is 3. The minimum Gasteiger partial charge on any atom is -0.309 e. The second-order valence-corrected chi connectivity index (χ2v) is 6.46. The molecule has 3 heteroatoms. The molecule has 1 N–H and O–H groups in total. The van der Waals surface area contributed by atoms with Crippen molar-refractivity contribution in [1.29, 1.82) is 0 Å². The molecule has 0 aliphatic carbocycles. The van der Waals surface area contributed by atoms with Crippen LogP contribution in [-0.2, 0) is 6.54 Å². The van der Waals surface area contributed by atoms with Crippen molar-refractivity contribution in [3.63, 3.8) is 0 Å². The topological polar surface area (TPSA) is 15.3 Å². The van der Waals surface area contributed by atoms with Crippen molar-refractivity contribution in [2.24, 2.45) is 5.92 Å². The summed E-state index contributed by atoms with van der Waals surface area (Å²) in [5.74, 6) is 0.797. The summed E-state index contributed by atoms with van der Waals surface area (Å²) in [5, 5.41) is 5.84. The zero-order chi connectivity index (χ0) is 12.1. The molecule has 0 spiro atoms. The van der Waals surface area contributed by atoms with Gasteiger partial charge in [-0.3, -0.25) is 0 Å². The van der Waals surface area contributed by atoms with Crippen molar-refractivity contribution in [2.75, 3.05) is 19.6 Å². The molecule has 0 atom stereocenters. The lowest BCUT2D eigenvalue weighted by molar-refractivity contribution is 0.179. The summed E-state index contributed by atoms with van der Waals surface area (Å²) in [6.45, 7) is 9.45. The monoisotopic (exact) mass is 252 g/mol. The van der Waals surface area contributed by atoms with E-state index in [0.717, 1.165) is 18.5 Å². The number of nitrogens with zero attached hydrogens (tertiary/aromatic N) is 1. The first-order valence-corrected chi connectivity index (χ1v) is 7.60. The highest BCUT2D eigenvalue weighted by atomic mass is 32.1. The van der Waals surface area contributed by atoms with E-state index >= 15 is 0 Å². The largest absolute Gasteiger partial charge is 0.309 e. The van der Waals surface area contributed by atoms with Gasteiger partial charge in [-0.2, -0.15) is 0 Å². The van der Waals surface area contributed by atoms with Crippen LogP contribution in [0.5, 0.6) is 0 Å². The second-order valence-electron chi connectivity index (χ2n) is 5.43. The van der Waals surface area contributed by atoms with Gasteiger partial charge in [0.1, 0.15) is 0 Å². The summed E-state index contributed by atoms with van der Waals surface area (Å²) in [5.41, 5.74) is 0. The van der Waals surface area contributed by atoms with Crippen LogP contribution in [0.4, 0.5) is 0 Å². The van der Waals surface area contributed by atoms with Crippen molar-refractivity contribution >= 4 is 11.3 Å². The number of hydrogen-bond donors (Lipinski definition) is 1. The molecule has 0 bridgehead atoms. The lowest BCUT2D eigenvalue weighted by Crippen LogP contribution is -2.43. The van der Waals surface area contributed by atoms with Crippen LogP contribution in [0.15, 0.2) is 17.5 Å². The van der Waals surface area contributed by atoms with Crippen molar-refractivity contribution in [3.05, 3.63) is 22.4 Å². The fraction of sp³-hybridized carbons (Fsp3) is 0.714. The maximum atomic E-state index is 3.68. The third-order valence-corrected chi connectivity index (χ3v) is 4.23. The average Bonchev–Trinajstić information content (AvgIpc) is 2.80. The van der Waals surface area contributed by atoms with Gasteiger partial charge in [-0.25, -0.2) is 0 Å². The number of piperidine rings is 1. The predicted molar refractivity (Wildman–Crippen MR) is 75.5 cm³/mol. The van der Waals surface area contributed by atoms with E-state index in [1.165, 1.54) is 37.4 Å². The molecule has 2 heterocycles. The van der Waals surface area contributed by atoms with E-state index in [4.69, 9.17) is 0 Å². The summed E-state index contributed by atoms with van der Waals surface area (Å²) in [7, 11) is 0. The molecule has 0 saturated carbocycles. The summed E-state index contributed by atoms with van der Waals surface area (Å²) in [4.78, 5) is 4.06. The first-order valence-electron chi connectivity index (χ1n) is 6.72. The number of rotatable bonds is 5. The molecule has 1 aromatic rings. The lowest BCUT2D eigenvalue weighted by Gasteiger charge is -2.33. The molecule has 1 saturated heterocycles. The summed E-state index contributed by atoms with van der Waals surface area (Å²) in [6, 6.07) is 5.07. The molecular weight excluding hydrogens is 228 g/mol. The Morgan fingerprint density at radius 2 is 2.18 bits per heavy atom. The van der Waals surface area contributed by atoms with E-state index in [-0.39, 0.29) is 0 Å². The molecule has 0 aromatic carbocycles. The zero-order valence-electron chi connectivity index (χ0n) is 11.0. The fourth-order valence-corrected chi connectivity index (χ4v) is 3.15. The minimum absolute atomic E-state index is 0.723. The molecule has 1 aromatic heterocycles. The molecule has 1 aliphatic heterocycles. The van der Waals surface area contributed by atoms with Crippen LogP contribution >= 0.6 is 11.3 Å². The average molecular weight is 252 g/mol. The first kappa shape index (κ1) is 13.1. The third-order valence-electron chi connectivity index (χ3n) is 3.36. The smallest absolute Gasteiger partial charge is 0.0302 e. The Kier molecular flexibility index (Phi) is 5.01. The second kappa shape index (κ2) is 6.53. The van der Waals surface area contributed by atoms with Gasteiger partial charge in [0.2, 0.25) is 0 Å². The van der Waals surface area contributed by atoms with Gasteiger partial charge >= 0.3 is 0 Å². The molecule has 2 nitrogen and oxygen atoms in total. The van der Waals surface area contributed by atoms with Crippen LogP contribution in [-0.4, -0.2) is 30.6 Å². The van der Waals surface area contributed by atoms with Crippen molar-refractivity contribution in [1.82, 2.24) is 10.2 Å². The molecule has 0 amide bonds. The predicted octanol–water partition coefficient (Wildman–Crippen LogP) is 2.96. The molecule has 2 rings (SSSR count). The fourth-order valence-electron chi connectivity index (χ4n) is 2.49. The van der Waals surface area contributed by atoms with Gasteiger partial charge < -0.3 is 10.2 Å². The molecule has 0 unspecified atom stereocenters. The normalized spacial score (nSPS) is 19.0. The molecular formula is C14H24N2S. The van der Waals surface area contributed by atoms with E-state index in [1.54, 1.807) is 0 Å². The van der Waals surface area contributed by atoms with Crippen molar-refractivity contribution in [3.8, 4) is 0 Å². The van der Waals surface area contributed by atoms with E-state index in [1.807, 2.05) is 11.3 Å². The zero-order valence-corrected chi connectivity index (χ0v) is 11.8. The maximum Gasteiger partial charge on any atom is 0.0302 e. The highest BCUT2D eigenvalue weighted by Gasteiger charge is 2.18. The van der Waals surface area contributed by atoms with Gasteiger partial charge in [0.05, 0.1) is 0 Å². The molecule has 17 heavy (non-hydrogen) atoms. The quantitative estimate of drug-likeness (QED) is 0.867. The highest BCUT2D eigenvalue weighted by Crippen LogP contribution is 2.14. The SMILES string of the molecule is CC(C)CN1CCC(NCc2cccs2)CC1. The first-order chi connectivity index (χ1) is 8.24. The Labute approximate surface area is 109 Å². The van der Waals surface area contributed by atoms with Crippen LogP contribution in [0.1, 0.15) is 31.6 Å². The van der Waals surface area contributed by atoms with Crippen LogP contribution in [0.3, 0.4) is 0 Å². The Hall–Kier alpha value is -0.380. The molecule has 1 aliphatic rings. The van der Waals surface area contributed by atoms with Crippen LogP contribution < -0.4 is 5.32 Å². The summed E-state index contributed by atoms with van der Waals surface area (Å²) < 4.78 is 0. The Morgan fingerprint density at radius 3 is 2.76 bits per heavy atom. The molecule has 96 valence electrons. The third kappa shape index (κ3) is 4.41. The number of nitrogens with one attached hydrogen (secondary N) is 1. The van der Waals surface area contributed by atoms with Gasteiger partial charge in [-0.1, -0.05) is 19.9 Å². The van der Waals surface area contributed by atoms with Crippen LogP contribution in [0.2, 0.25) is 0 Å². The summed E-state index contributed by atoms with van der Waals surface area (Å²) in [6.07, 6.45) is 2.61. The van der Waals surface area contributed by atoms with Gasteiger partial charge in [-0.05, 0) is 43.3 Å². The van der Waals surface area contributed by atoms with Gasteiger partial charge in [-0.15, -0.1) is 11.3 Å². The molecule has 0 radical (unpaired) electrons. The van der Waals surface area contributed by atoms with Gasteiger partial charge in [0, 0.05) is 24.0 Å². The van der Waals surface area contributed by atoms with Crippen molar-refractivity contribution in [2.45, 2.75) is 39.3 Å². The van der Waals surface area contributed by atoms with Gasteiger partial charge in [0.15, 0.2) is 0 Å². The molecule has 1 fully saturated rings. The maximum absolute atomic E-state index is 3.68. The van der Waals surface area contributed by atoms with E-state index in [9.17, 15) is 0 Å². The van der Waals surface area contributed by atoms with Crippen LogP contribution in [0.25, 0.3) is 0 Å². The van der Waals surface area contributed by atoms with Crippen molar-refractivity contribution < 1.29 is 0 Å². The Bertz CT molecular complexity index is 300. The minimum atomic E-state index is 0.723. The van der Waals surface area contributed by atoms with E-state index in [2.05, 4.69) is 41.6 Å². The highest BCUT2D eigenvalue weighted by molar-refractivity contribution is 7.09. The van der Waals surface area contributed by atoms with Gasteiger partial charge in [0.25, 0.3) is 0 Å². The Morgan fingerprint density at radius 1 is 1.41 bits per heavy atom. The number of likely N-dealkylation sites (tertiary alicyclic amines) is 1. The van der Waals surface area contributed by atoms with Crippen LogP contribution in [0, 0.1) is 5.92 Å². The standard InChI is InChI=1S/C14H24N2S/c1-12(2)11-16-7-5-13(6-8-16)15-10-14-4-3-9-17-14/h3-4,9,12-13,15H,5-8,10-11H2,1-2H3. The Balaban J connectivity index is 1.65. The van der Waals surface area contributed by atoms with E-state index in [0.29, 0.717) is 0 Å². The number of thiophene rings is 1.